The Morgan fingerprint density at radius 3 is 2.67 bits per heavy atom. The van der Waals surface area contributed by atoms with Crippen molar-refractivity contribution in [1.82, 2.24) is 14.7 Å². The van der Waals surface area contributed by atoms with Crippen molar-refractivity contribution in [3.63, 3.8) is 0 Å². The van der Waals surface area contributed by atoms with Gasteiger partial charge in [0.15, 0.2) is 0 Å². The predicted molar refractivity (Wildman–Crippen MR) is 88.7 cm³/mol. The van der Waals surface area contributed by atoms with Crippen LogP contribution in [-0.2, 0) is 24.2 Å². The van der Waals surface area contributed by atoms with E-state index in [0.717, 1.165) is 42.8 Å². The van der Waals surface area contributed by atoms with Crippen molar-refractivity contribution in [2.24, 2.45) is 5.73 Å². The minimum atomic E-state index is 0.217. The van der Waals surface area contributed by atoms with Gasteiger partial charge in [0.1, 0.15) is 0 Å². The fourth-order valence-corrected chi connectivity index (χ4v) is 2.84. The summed E-state index contributed by atoms with van der Waals surface area (Å²) in [6.45, 7) is 8.05. The molecule has 0 aromatic carbocycles. The molecule has 21 heavy (non-hydrogen) atoms. The van der Waals surface area contributed by atoms with Gasteiger partial charge in [0.2, 0.25) is 0 Å². The smallest absolute Gasteiger partial charge is 0.0918 e. The fraction of sp³-hybridized carbons (Fsp3) is 0.714. The lowest BCUT2D eigenvalue weighted by Crippen LogP contribution is -2.31. The largest absolute Gasteiger partial charge is 0.388 e. The monoisotopic (exact) mass is 359 g/mol. The third-order valence-electron chi connectivity index (χ3n) is 3.38. The first kappa shape index (κ1) is 18.1. The third-order valence-corrected chi connectivity index (χ3v) is 4.29. The van der Waals surface area contributed by atoms with Gasteiger partial charge in [0, 0.05) is 39.7 Å². The SMILES string of the molecule is CCc1nn(CC)c(CN(CCOC)CCC(=N)N)c1Br. The summed E-state index contributed by atoms with van der Waals surface area (Å²) in [5.41, 5.74) is 7.74. The molecule has 0 unspecified atom stereocenters. The molecule has 0 saturated carbocycles. The number of ether oxygens (including phenoxy) is 1. The van der Waals surface area contributed by atoms with Crippen LogP contribution in [0.15, 0.2) is 4.47 Å². The molecular formula is C14H26BrN5O. The molecule has 1 heterocycles. The standard InChI is InChI=1S/C14H26BrN5O/c1-4-11-14(15)12(20(5-2)18-11)10-19(8-9-21-3)7-6-13(16)17/h4-10H2,1-3H3,(H3,16,17). The molecule has 0 fully saturated rings. The number of rotatable bonds is 10. The number of nitrogens with two attached hydrogens (primary N) is 1. The first-order valence-corrected chi connectivity index (χ1v) is 8.10. The highest BCUT2D eigenvalue weighted by atomic mass is 79.9. The maximum atomic E-state index is 7.39. The highest BCUT2D eigenvalue weighted by molar-refractivity contribution is 9.10. The highest BCUT2D eigenvalue weighted by Crippen LogP contribution is 2.23. The van der Waals surface area contributed by atoms with Gasteiger partial charge >= 0.3 is 0 Å². The Morgan fingerprint density at radius 2 is 2.14 bits per heavy atom. The van der Waals surface area contributed by atoms with Crippen molar-refractivity contribution in [2.75, 3.05) is 26.8 Å². The van der Waals surface area contributed by atoms with E-state index in [4.69, 9.17) is 15.9 Å². The summed E-state index contributed by atoms with van der Waals surface area (Å²) in [6, 6.07) is 0. The first-order chi connectivity index (χ1) is 10.0. The van der Waals surface area contributed by atoms with Crippen LogP contribution in [0.4, 0.5) is 0 Å². The number of hydrogen-bond donors (Lipinski definition) is 2. The van der Waals surface area contributed by atoms with E-state index >= 15 is 0 Å². The van der Waals surface area contributed by atoms with Crippen molar-refractivity contribution in [2.45, 2.75) is 39.8 Å². The Morgan fingerprint density at radius 1 is 1.43 bits per heavy atom. The second-order valence-corrected chi connectivity index (χ2v) is 5.71. The molecule has 0 saturated heterocycles. The number of nitrogens with zero attached hydrogens (tertiary/aromatic N) is 3. The molecule has 1 aromatic heterocycles. The first-order valence-electron chi connectivity index (χ1n) is 7.31. The van der Waals surface area contributed by atoms with E-state index in [1.165, 1.54) is 5.69 Å². The molecule has 1 aromatic rings. The van der Waals surface area contributed by atoms with E-state index in [9.17, 15) is 0 Å². The van der Waals surface area contributed by atoms with E-state index in [-0.39, 0.29) is 5.84 Å². The molecule has 7 heteroatoms. The van der Waals surface area contributed by atoms with E-state index in [2.05, 4.69) is 39.8 Å². The second kappa shape index (κ2) is 9.17. The fourth-order valence-electron chi connectivity index (χ4n) is 2.15. The van der Waals surface area contributed by atoms with Crippen LogP contribution in [0, 0.1) is 5.41 Å². The number of methoxy groups -OCH3 is 1. The summed E-state index contributed by atoms with van der Waals surface area (Å²) in [7, 11) is 1.70. The summed E-state index contributed by atoms with van der Waals surface area (Å²) in [4.78, 5) is 2.25. The number of amidine groups is 1. The van der Waals surface area contributed by atoms with Crippen molar-refractivity contribution >= 4 is 21.8 Å². The molecule has 3 N–H and O–H groups in total. The Labute approximate surface area is 135 Å². The summed E-state index contributed by atoms with van der Waals surface area (Å²) in [5, 5.41) is 12.0. The lowest BCUT2D eigenvalue weighted by molar-refractivity contribution is 0.144. The van der Waals surface area contributed by atoms with Crippen molar-refractivity contribution < 1.29 is 4.74 Å². The topological polar surface area (TPSA) is 80.2 Å². The summed E-state index contributed by atoms with van der Waals surface area (Å²) >= 11 is 3.67. The number of aryl methyl sites for hydroxylation is 2. The zero-order valence-electron chi connectivity index (χ0n) is 13.2. The Kier molecular flexibility index (Phi) is 7.92. The van der Waals surface area contributed by atoms with Gasteiger partial charge in [-0.2, -0.15) is 5.10 Å². The molecule has 0 spiro atoms. The van der Waals surface area contributed by atoms with Crippen LogP contribution in [-0.4, -0.2) is 47.3 Å². The maximum absolute atomic E-state index is 7.39. The van der Waals surface area contributed by atoms with Crippen LogP contribution in [0.5, 0.6) is 0 Å². The van der Waals surface area contributed by atoms with Gasteiger partial charge in [0.25, 0.3) is 0 Å². The van der Waals surface area contributed by atoms with Crippen molar-refractivity contribution in [1.29, 1.82) is 5.41 Å². The van der Waals surface area contributed by atoms with Gasteiger partial charge in [-0.15, -0.1) is 0 Å². The molecule has 0 atom stereocenters. The Balaban J connectivity index is 2.85. The molecule has 6 nitrogen and oxygen atoms in total. The van der Waals surface area contributed by atoms with Crippen LogP contribution in [0.2, 0.25) is 0 Å². The highest BCUT2D eigenvalue weighted by Gasteiger charge is 2.17. The maximum Gasteiger partial charge on any atom is 0.0918 e. The summed E-state index contributed by atoms with van der Waals surface area (Å²) in [6.07, 6.45) is 1.48. The molecule has 1 rings (SSSR count). The van der Waals surface area contributed by atoms with Gasteiger partial charge in [-0.25, -0.2) is 0 Å². The molecule has 0 radical (unpaired) electrons. The van der Waals surface area contributed by atoms with Crippen LogP contribution in [0.3, 0.4) is 0 Å². The minimum Gasteiger partial charge on any atom is -0.388 e. The average Bonchev–Trinajstić information content (AvgIpc) is 2.77. The van der Waals surface area contributed by atoms with Crippen LogP contribution >= 0.6 is 15.9 Å². The van der Waals surface area contributed by atoms with Crippen molar-refractivity contribution in [3.05, 3.63) is 15.9 Å². The van der Waals surface area contributed by atoms with Crippen LogP contribution in [0.25, 0.3) is 0 Å². The van der Waals surface area contributed by atoms with E-state index in [0.29, 0.717) is 13.0 Å². The predicted octanol–water partition coefficient (Wildman–Crippen LogP) is 2.00. The van der Waals surface area contributed by atoms with Gasteiger partial charge in [-0.05, 0) is 29.3 Å². The summed E-state index contributed by atoms with van der Waals surface area (Å²) < 4.78 is 8.30. The second-order valence-electron chi connectivity index (χ2n) is 4.92. The van der Waals surface area contributed by atoms with Crippen LogP contribution in [0.1, 0.15) is 31.7 Å². The number of nitrogens with one attached hydrogen (secondary N) is 1. The van der Waals surface area contributed by atoms with E-state index in [1.54, 1.807) is 7.11 Å². The van der Waals surface area contributed by atoms with Gasteiger partial charge in [-0.1, -0.05) is 6.92 Å². The van der Waals surface area contributed by atoms with Gasteiger partial charge in [0.05, 0.1) is 28.3 Å². The zero-order valence-corrected chi connectivity index (χ0v) is 14.7. The number of halogens is 1. The van der Waals surface area contributed by atoms with Gasteiger partial charge in [-0.3, -0.25) is 15.0 Å². The van der Waals surface area contributed by atoms with E-state index < -0.39 is 0 Å². The Bertz CT molecular complexity index is 460. The average molecular weight is 360 g/mol. The molecule has 0 aliphatic rings. The van der Waals surface area contributed by atoms with Crippen molar-refractivity contribution in [3.8, 4) is 0 Å². The zero-order chi connectivity index (χ0) is 15.8. The molecule has 120 valence electrons. The minimum absolute atomic E-state index is 0.217. The molecular weight excluding hydrogens is 334 g/mol. The van der Waals surface area contributed by atoms with Crippen LogP contribution < -0.4 is 5.73 Å². The lowest BCUT2D eigenvalue weighted by Gasteiger charge is -2.22. The number of hydrogen-bond acceptors (Lipinski definition) is 4. The summed E-state index contributed by atoms with van der Waals surface area (Å²) in [5.74, 6) is 0.217. The lowest BCUT2D eigenvalue weighted by atomic mass is 10.2. The molecule has 0 bridgehead atoms. The molecule has 0 aliphatic heterocycles. The Hall–Kier alpha value is -0.920. The third kappa shape index (κ3) is 5.41. The van der Waals surface area contributed by atoms with E-state index in [1.807, 2.05) is 4.68 Å². The van der Waals surface area contributed by atoms with Gasteiger partial charge < -0.3 is 10.5 Å². The molecule has 0 aliphatic carbocycles. The quantitative estimate of drug-likeness (QED) is 0.494. The normalized spacial score (nSPS) is 11.3. The molecule has 0 amide bonds. The number of aromatic nitrogens is 2.